The molecule has 1 atom stereocenters. The number of amides is 3. The third-order valence-electron chi connectivity index (χ3n) is 3.15. The van der Waals surface area contributed by atoms with Crippen LogP contribution in [0.2, 0.25) is 0 Å². The first-order valence-corrected chi connectivity index (χ1v) is 7.06. The summed E-state index contributed by atoms with van der Waals surface area (Å²) < 4.78 is 0. The Labute approximate surface area is 118 Å². The van der Waals surface area contributed by atoms with E-state index in [9.17, 15) is 14.4 Å². The normalized spacial score (nSPS) is 15.2. The highest BCUT2D eigenvalue weighted by Gasteiger charge is 2.28. The van der Waals surface area contributed by atoms with Crippen LogP contribution in [0.4, 0.5) is 4.79 Å². The van der Waals surface area contributed by atoms with Crippen LogP contribution in [0.5, 0.6) is 0 Å². The molecule has 0 aromatic rings. The Balaban J connectivity index is 2.06. The third-order valence-corrected chi connectivity index (χ3v) is 3.15. The summed E-state index contributed by atoms with van der Waals surface area (Å²) in [7, 11) is 0. The smallest absolute Gasteiger partial charge is 0.314 e. The SMILES string of the molecule is CCCC(CNC(=O)NCCNC(=O)C1CC1)C(=O)O. The van der Waals surface area contributed by atoms with E-state index >= 15 is 0 Å². The van der Waals surface area contributed by atoms with Crippen LogP contribution in [0.15, 0.2) is 0 Å². The minimum atomic E-state index is -0.899. The van der Waals surface area contributed by atoms with Crippen molar-refractivity contribution in [2.75, 3.05) is 19.6 Å². The van der Waals surface area contributed by atoms with Gasteiger partial charge in [-0.15, -0.1) is 0 Å². The molecule has 0 aromatic heterocycles. The van der Waals surface area contributed by atoms with Gasteiger partial charge in [-0.2, -0.15) is 0 Å². The van der Waals surface area contributed by atoms with Gasteiger partial charge in [0.1, 0.15) is 0 Å². The number of carboxylic acid groups (broad SMARTS) is 1. The summed E-state index contributed by atoms with van der Waals surface area (Å²) in [5, 5.41) is 16.8. The van der Waals surface area contributed by atoms with Crippen molar-refractivity contribution in [3.63, 3.8) is 0 Å². The lowest BCUT2D eigenvalue weighted by molar-refractivity contribution is -0.141. The van der Waals surface area contributed by atoms with Gasteiger partial charge in [0, 0.05) is 25.6 Å². The fourth-order valence-electron chi connectivity index (χ4n) is 1.79. The fraction of sp³-hybridized carbons (Fsp3) is 0.769. The van der Waals surface area contributed by atoms with Crippen LogP contribution in [0.3, 0.4) is 0 Å². The van der Waals surface area contributed by atoms with Gasteiger partial charge in [-0.25, -0.2) is 4.79 Å². The Morgan fingerprint density at radius 1 is 1.15 bits per heavy atom. The highest BCUT2D eigenvalue weighted by Crippen LogP contribution is 2.28. The van der Waals surface area contributed by atoms with E-state index in [1.807, 2.05) is 6.92 Å². The van der Waals surface area contributed by atoms with Crippen LogP contribution in [-0.4, -0.2) is 42.6 Å². The van der Waals surface area contributed by atoms with Gasteiger partial charge < -0.3 is 21.1 Å². The zero-order valence-electron chi connectivity index (χ0n) is 11.8. The maximum Gasteiger partial charge on any atom is 0.314 e. The first-order chi connectivity index (χ1) is 9.54. The maximum absolute atomic E-state index is 11.4. The lowest BCUT2D eigenvalue weighted by Crippen LogP contribution is -2.43. The van der Waals surface area contributed by atoms with Gasteiger partial charge in [0.05, 0.1) is 5.92 Å². The molecule has 0 heterocycles. The Hall–Kier alpha value is -1.79. The zero-order valence-corrected chi connectivity index (χ0v) is 11.8. The molecule has 4 N–H and O–H groups in total. The van der Waals surface area contributed by atoms with Crippen LogP contribution in [0.25, 0.3) is 0 Å². The number of rotatable bonds is 9. The van der Waals surface area contributed by atoms with E-state index in [1.54, 1.807) is 0 Å². The molecule has 0 aliphatic heterocycles. The Bertz CT molecular complexity index is 356. The molecule has 114 valence electrons. The maximum atomic E-state index is 11.4. The number of hydrogen-bond donors (Lipinski definition) is 4. The number of nitrogens with one attached hydrogen (secondary N) is 3. The number of hydrogen-bond acceptors (Lipinski definition) is 3. The molecule has 1 fully saturated rings. The summed E-state index contributed by atoms with van der Waals surface area (Å²) in [6.07, 6.45) is 3.20. The second-order valence-corrected chi connectivity index (χ2v) is 5.03. The molecule has 3 amide bonds. The van der Waals surface area contributed by atoms with Gasteiger partial charge in [0.2, 0.25) is 5.91 Å². The fourth-order valence-corrected chi connectivity index (χ4v) is 1.79. The largest absolute Gasteiger partial charge is 0.481 e. The van der Waals surface area contributed by atoms with Crippen molar-refractivity contribution in [1.82, 2.24) is 16.0 Å². The highest BCUT2D eigenvalue weighted by molar-refractivity contribution is 5.81. The second kappa shape index (κ2) is 8.39. The first-order valence-electron chi connectivity index (χ1n) is 7.06. The minimum Gasteiger partial charge on any atom is -0.481 e. The van der Waals surface area contributed by atoms with Crippen molar-refractivity contribution in [2.45, 2.75) is 32.6 Å². The Kier molecular flexibility index (Phi) is 6.83. The minimum absolute atomic E-state index is 0.0427. The van der Waals surface area contributed by atoms with Crippen LogP contribution in [0.1, 0.15) is 32.6 Å². The van der Waals surface area contributed by atoms with Gasteiger partial charge in [0.15, 0.2) is 0 Å². The van der Waals surface area contributed by atoms with Crippen molar-refractivity contribution in [3.05, 3.63) is 0 Å². The summed E-state index contributed by atoms with van der Waals surface area (Å²) in [6, 6.07) is -0.409. The molecular formula is C13H23N3O4. The van der Waals surface area contributed by atoms with E-state index in [4.69, 9.17) is 5.11 Å². The average molecular weight is 285 g/mol. The lowest BCUT2D eigenvalue weighted by Gasteiger charge is -2.13. The molecule has 7 nitrogen and oxygen atoms in total. The van der Waals surface area contributed by atoms with Crippen molar-refractivity contribution in [3.8, 4) is 0 Å². The summed E-state index contributed by atoms with van der Waals surface area (Å²) in [5.41, 5.74) is 0. The zero-order chi connectivity index (χ0) is 15.0. The highest BCUT2D eigenvalue weighted by atomic mass is 16.4. The summed E-state index contributed by atoms with van der Waals surface area (Å²) >= 11 is 0. The number of carboxylic acids is 1. The molecule has 1 rings (SSSR count). The van der Waals surface area contributed by atoms with Crippen LogP contribution < -0.4 is 16.0 Å². The number of urea groups is 1. The van der Waals surface area contributed by atoms with Crippen LogP contribution in [0, 0.1) is 11.8 Å². The molecule has 0 saturated heterocycles. The van der Waals surface area contributed by atoms with E-state index < -0.39 is 17.9 Å². The van der Waals surface area contributed by atoms with E-state index in [1.165, 1.54) is 0 Å². The molecule has 1 aliphatic rings. The van der Waals surface area contributed by atoms with Gasteiger partial charge in [-0.1, -0.05) is 13.3 Å². The van der Waals surface area contributed by atoms with Crippen LogP contribution in [-0.2, 0) is 9.59 Å². The Morgan fingerprint density at radius 2 is 1.80 bits per heavy atom. The topological polar surface area (TPSA) is 108 Å². The van der Waals surface area contributed by atoms with Crippen molar-refractivity contribution >= 4 is 17.9 Å². The van der Waals surface area contributed by atoms with E-state index in [2.05, 4.69) is 16.0 Å². The molecule has 0 radical (unpaired) electrons. The van der Waals surface area contributed by atoms with Crippen molar-refractivity contribution in [1.29, 1.82) is 0 Å². The second-order valence-electron chi connectivity index (χ2n) is 5.03. The number of carbonyl (C=O) groups is 3. The van der Waals surface area contributed by atoms with E-state index in [0.29, 0.717) is 19.5 Å². The summed E-state index contributed by atoms with van der Waals surface area (Å²) in [4.78, 5) is 33.6. The molecule has 1 unspecified atom stereocenters. The Morgan fingerprint density at radius 3 is 2.35 bits per heavy atom. The predicted molar refractivity (Wildman–Crippen MR) is 73.2 cm³/mol. The predicted octanol–water partition coefficient (Wildman–Crippen LogP) is 0.313. The number of aliphatic carboxylic acids is 1. The summed E-state index contributed by atoms with van der Waals surface area (Å²) in [6.45, 7) is 2.73. The van der Waals surface area contributed by atoms with Gasteiger partial charge in [-0.3, -0.25) is 9.59 Å². The van der Waals surface area contributed by atoms with E-state index in [0.717, 1.165) is 19.3 Å². The van der Waals surface area contributed by atoms with Gasteiger partial charge >= 0.3 is 12.0 Å². The number of carbonyl (C=O) groups excluding carboxylic acids is 2. The van der Waals surface area contributed by atoms with Gasteiger partial charge in [-0.05, 0) is 19.3 Å². The monoisotopic (exact) mass is 285 g/mol. The molecule has 1 aliphatic carbocycles. The van der Waals surface area contributed by atoms with Crippen molar-refractivity contribution in [2.24, 2.45) is 11.8 Å². The summed E-state index contributed by atoms with van der Waals surface area (Å²) in [5.74, 6) is -1.25. The van der Waals surface area contributed by atoms with E-state index in [-0.39, 0.29) is 18.4 Å². The van der Waals surface area contributed by atoms with Gasteiger partial charge in [0.25, 0.3) is 0 Å². The van der Waals surface area contributed by atoms with Crippen LogP contribution >= 0.6 is 0 Å². The first kappa shape index (κ1) is 16.3. The standard InChI is InChI=1S/C13H23N3O4/c1-2-3-10(12(18)19)8-16-13(20)15-7-6-14-11(17)9-4-5-9/h9-10H,2-8H2,1H3,(H,14,17)(H,18,19)(H2,15,16,20). The molecule has 0 aromatic carbocycles. The molecule has 0 bridgehead atoms. The molecule has 1 saturated carbocycles. The molecular weight excluding hydrogens is 262 g/mol. The average Bonchev–Trinajstić information content (AvgIpc) is 3.23. The third kappa shape index (κ3) is 6.40. The molecule has 20 heavy (non-hydrogen) atoms. The van der Waals surface area contributed by atoms with Crippen molar-refractivity contribution < 1.29 is 19.5 Å². The molecule has 7 heteroatoms. The lowest BCUT2D eigenvalue weighted by atomic mass is 10.0. The quantitative estimate of drug-likeness (QED) is 0.457. The molecule has 0 spiro atoms.